The highest BCUT2D eigenvalue weighted by Gasteiger charge is 2.23. The first-order valence-electron chi connectivity index (χ1n) is 11.7. The SMILES string of the molecule is CCCCCCCCCCCCCCCC(=O)NO[C@H](CC(=O)O)C[N+](C)(C)C. The summed E-state index contributed by atoms with van der Waals surface area (Å²) in [7, 11) is 5.90. The number of carbonyl (C=O) groups is 2. The second-order valence-electron chi connectivity index (χ2n) is 9.33. The molecule has 0 unspecified atom stereocenters. The van der Waals surface area contributed by atoms with Crippen LogP contribution in [0.4, 0.5) is 0 Å². The van der Waals surface area contributed by atoms with Crippen molar-refractivity contribution in [2.24, 2.45) is 0 Å². The molecule has 1 atom stereocenters. The molecule has 29 heavy (non-hydrogen) atoms. The first kappa shape index (κ1) is 27.9. The van der Waals surface area contributed by atoms with E-state index in [9.17, 15) is 9.59 Å². The van der Waals surface area contributed by atoms with E-state index in [0.29, 0.717) is 17.4 Å². The van der Waals surface area contributed by atoms with Gasteiger partial charge in [0.2, 0.25) is 5.91 Å². The number of nitrogens with zero attached hydrogens (tertiary/aromatic N) is 1. The zero-order valence-electron chi connectivity index (χ0n) is 19.5. The van der Waals surface area contributed by atoms with E-state index in [1.807, 2.05) is 21.1 Å². The minimum Gasteiger partial charge on any atom is -0.481 e. The normalized spacial score (nSPS) is 12.7. The Morgan fingerprint density at radius 2 is 1.28 bits per heavy atom. The molecule has 0 spiro atoms. The van der Waals surface area contributed by atoms with E-state index >= 15 is 0 Å². The lowest BCUT2D eigenvalue weighted by Crippen LogP contribution is -2.45. The standard InChI is InChI=1S/C23H46N2O4/c1-5-6-7-8-9-10-11-12-13-14-15-16-17-18-22(26)24-29-21(19-23(27)28)20-25(2,3)4/h21H,5-20H2,1-4H3,(H-,24,26,27,28)/p+1/t21-/m1/s1. The van der Waals surface area contributed by atoms with Gasteiger partial charge in [-0.3, -0.25) is 14.4 Å². The van der Waals surface area contributed by atoms with Crippen LogP contribution in [0, 0.1) is 0 Å². The largest absolute Gasteiger partial charge is 0.481 e. The van der Waals surface area contributed by atoms with Crippen molar-refractivity contribution in [3.05, 3.63) is 0 Å². The number of carbonyl (C=O) groups excluding carboxylic acids is 1. The van der Waals surface area contributed by atoms with E-state index in [0.717, 1.165) is 12.8 Å². The molecular weight excluding hydrogens is 368 g/mol. The predicted octanol–water partition coefficient (Wildman–Crippen LogP) is 5.07. The Labute approximate surface area is 178 Å². The van der Waals surface area contributed by atoms with Gasteiger partial charge in [0.25, 0.3) is 0 Å². The fourth-order valence-electron chi connectivity index (χ4n) is 3.45. The second-order valence-corrected chi connectivity index (χ2v) is 9.33. The van der Waals surface area contributed by atoms with E-state index in [1.165, 1.54) is 70.6 Å². The summed E-state index contributed by atoms with van der Waals surface area (Å²) < 4.78 is 0.576. The average Bonchev–Trinajstić information content (AvgIpc) is 2.62. The zero-order valence-corrected chi connectivity index (χ0v) is 19.5. The smallest absolute Gasteiger partial charge is 0.306 e. The summed E-state index contributed by atoms with van der Waals surface area (Å²) in [5.74, 6) is -1.08. The third-order valence-corrected chi connectivity index (χ3v) is 5.00. The van der Waals surface area contributed by atoms with Crippen molar-refractivity contribution in [1.29, 1.82) is 0 Å². The Hall–Kier alpha value is -1.14. The molecule has 0 rings (SSSR count). The molecule has 1 amide bonds. The minimum absolute atomic E-state index is 0.117. The maximum absolute atomic E-state index is 11.9. The summed E-state index contributed by atoms with van der Waals surface area (Å²) in [6.07, 6.45) is 16.4. The quantitative estimate of drug-likeness (QED) is 0.165. The molecule has 0 radical (unpaired) electrons. The number of likely N-dealkylation sites (N-methyl/N-ethyl adjacent to an activating group) is 1. The lowest BCUT2D eigenvalue weighted by Gasteiger charge is -2.28. The van der Waals surface area contributed by atoms with E-state index < -0.39 is 12.1 Å². The number of unbranched alkanes of at least 4 members (excludes halogenated alkanes) is 12. The average molecular weight is 416 g/mol. The molecule has 0 aromatic carbocycles. The van der Waals surface area contributed by atoms with Crippen LogP contribution >= 0.6 is 0 Å². The Bertz CT molecular complexity index is 422. The molecule has 0 saturated carbocycles. The molecule has 0 aliphatic heterocycles. The number of aliphatic carboxylic acids is 1. The number of hydrogen-bond donors (Lipinski definition) is 2. The van der Waals surface area contributed by atoms with E-state index in [2.05, 4.69) is 12.4 Å². The maximum atomic E-state index is 11.9. The molecule has 0 aliphatic carbocycles. The molecule has 0 aliphatic rings. The number of rotatable bonds is 20. The van der Waals surface area contributed by atoms with Crippen LogP contribution in [0.25, 0.3) is 0 Å². The molecule has 6 nitrogen and oxygen atoms in total. The summed E-state index contributed by atoms with van der Waals surface area (Å²) in [5, 5.41) is 8.98. The van der Waals surface area contributed by atoms with Crippen LogP contribution in [0.5, 0.6) is 0 Å². The highest BCUT2D eigenvalue weighted by Crippen LogP contribution is 2.13. The fourth-order valence-corrected chi connectivity index (χ4v) is 3.45. The monoisotopic (exact) mass is 415 g/mol. The predicted molar refractivity (Wildman–Crippen MR) is 118 cm³/mol. The van der Waals surface area contributed by atoms with Crippen molar-refractivity contribution in [2.75, 3.05) is 27.7 Å². The van der Waals surface area contributed by atoms with Gasteiger partial charge in [-0.1, -0.05) is 84.0 Å². The summed E-state index contributed by atoms with van der Waals surface area (Å²) in [6.45, 7) is 2.77. The molecular formula is C23H47N2O4+. The van der Waals surface area contributed by atoms with Gasteiger partial charge < -0.3 is 9.59 Å². The Balaban J connectivity index is 3.60. The minimum atomic E-state index is -0.922. The zero-order chi connectivity index (χ0) is 22.0. The van der Waals surface area contributed by atoms with Gasteiger partial charge in [0.1, 0.15) is 12.6 Å². The Morgan fingerprint density at radius 3 is 1.69 bits per heavy atom. The van der Waals surface area contributed by atoms with Gasteiger partial charge in [0, 0.05) is 6.42 Å². The molecule has 6 heteroatoms. The van der Waals surface area contributed by atoms with Crippen molar-refractivity contribution in [2.45, 2.75) is 109 Å². The number of quaternary nitrogens is 1. The number of carboxylic acids is 1. The van der Waals surface area contributed by atoms with Crippen molar-refractivity contribution < 1.29 is 24.0 Å². The van der Waals surface area contributed by atoms with Gasteiger partial charge in [0.15, 0.2) is 0 Å². The highest BCUT2D eigenvalue weighted by molar-refractivity contribution is 5.74. The first-order chi connectivity index (χ1) is 13.7. The maximum Gasteiger partial charge on any atom is 0.306 e. The van der Waals surface area contributed by atoms with Gasteiger partial charge in [-0.05, 0) is 6.42 Å². The first-order valence-corrected chi connectivity index (χ1v) is 11.7. The van der Waals surface area contributed by atoms with Crippen LogP contribution in [0.3, 0.4) is 0 Å². The van der Waals surface area contributed by atoms with Crippen molar-refractivity contribution in [1.82, 2.24) is 5.48 Å². The fraction of sp³-hybridized carbons (Fsp3) is 0.913. The number of amides is 1. The van der Waals surface area contributed by atoms with Gasteiger partial charge >= 0.3 is 5.97 Å². The number of carboxylic acid groups (broad SMARTS) is 1. The topological polar surface area (TPSA) is 75.6 Å². The second kappa shape index (κ2) is 17.7. The molecule has 172 valence electrons. The van der Waals surface area contributed by atoms with E-state index in [4.69, 9.17) is 9.94 Å². The number of hydrogen-bond acceptors (Lipinski definition) is 3. The van der Waals surface area contributed by atoms with Crippen molar-refractivity contribution in [3.63, 3.8) is 0 Å². The van der Waals surface area contributed by atoms with Crippen LogP contribution in [0.1, 0.15) is 103 Å². The molecule has 0 heterocycles. The molecule has 0 fully saturated rings. The lowest BCUT2D eigenvalue weighted by molar-refractivity contribution is -0.873. The Morgan fingerprint density at radius 1 is 0.828 bits per heavy atom. The van der Waals surface area contributed by atoms with Crippen LogP contribution < -0.4 is 5.48 Å². The van der Waals surface area contributed by atoms with Crippen LogP contribution in [0.2, 0.25) is 0 Å². The van der Waals surface area contributed by atoms with Gasteiger partial charge in [-0.15, -0.1) is 0 Å². The van der Waals surface area contributed by atoms with Crippen LogP contribution in [0.15, 0.2) is 0 Å². The molecule has 0 bridgehead atoms. The van der Waals surface area contributed by atoms with Crippen molar-refractivity contribution >= 4 is 11.9 Å². The number of hydroxylamine groups is 1. The third kappa shape index (κ3) is 21.4. The van der Waals surface area contributed by atoms with Gasteiger partial charge in [-0.25, -0.2) is 5.48 Å². The van der Waals surface area contributed by atoms with Gasteiger partial charge in [0.05, 0.1) is 27.6 Å². The van der Waals surface area contributed by atoms with E-state index in [1.54, 1.807) is 0 Å². The van der Waals surface area contributed by atoms with Crippen molar-refractivity contribution in [3.8, 4) is 0 Å². The summed E-state index contributed by atoms with van der Waals surface area (Å²) in [5.41, 5.74) is 2.44. The molecule has 0 saturated heterocycles. The molecule has 2 N–H and O–H groups in total. The highest BCUT2D eigenvalue weighted by atomic mass is 16.7. The third-order valence-electron chi connectivity index (χ3n) is 5.00. The lowest BCUT2D eigenvalue weighted by atomic mass is 10.0. The summed E-state index contributed by atoms with van der Waals surface area (Å²) in [4.78, 5) is 28.2. The summed E-state index contributed by atoms with van der Waals surface area (Å²) >= 11 is 0. The molecule has 0 aromatic heterocycles. The number of nitrogens with one attached hydrogen (secondary N) is 1. The van der Waals surface area contributed by atoms with E-state index in [-0.39, 0.29) is 12.3 Å². The van der Waals surface area contributed by atoms with Gasteiger partial charge in [-0.2, -0.15) is 0 Å². The van der Waals surface area contributed by atoms with Crippen LogP contribution in [-0.2, 0) is 14.4 Å². The van der Waals surface area contributed by atoms with Crippen LogP contribution in [-0.4, -0.2) is 55.3 Å². The molecule has 0 aromatic rings. The Kier molecular flexibility index (Phi) is 17.0. The summed E-state index contributed by atoms with van der Waals surface area (Å²) in [6, 6.07) is 0.